The first-order chi connectivity index (χ1) is 8.97. The number of ether oxygens (including phenoxy) is 2. The Kier molecular flexibility index (Phi) is 4.02. The predicted molar refractivity (Wildman–Crippen MR) is 65.1 cm³/mol. The summed E-state index contributed by atoms with van der Waals surface area (Å²) < 4.78 is 33.5. The van der Waals surface area contributed by atoms with Gasteiger partial charge in [0.15, 0.2) is 0 Å². The van der Waals surface area contributed by atoms with Crippen molar-refractivity contribution in [3.05, 3.63) is 29.8 Å². The number of carbonyl (C=O) groups excluding carboxylic acids is 1. The van der Waals surface area contributed by atoms with Gasteiger partial charge in [0.25, 0.3) is 0 Å². The van der Waals surface area contributed by atoms with Gasteiger partial charge in [-0.25, -0.2) is 0 Å². The van der Waals surface area contributed by atoms with E-state index in [1.807, 2.05) is 6.92 Å². The molecular formula is C14H16F2O3. The van der Waals surface area contributed by atoms with E-state index in [-0.39, 0.29) is 11.7 Å². The first-order valence-corrected chi connectivity index (χ1v) is 6.22. The molecule has 1 aliphatic heterocycles. The van der Waals surface area contributed by atoms with Crippen LogP contribution >= 0.6 is 0 Å². The quantitative estimate of drug-likeness (QED) is 0.770. The molecule has 1 atom stereocenters. The molecule has 0 aromatic heterocycles. The van der Waals surface area contributed by atoms with Gasteiger partial charge in [-0.1, -0.05) is 12.1 Å². The van der Waals surface area contributed by atoms with Crippen LogP contribution in [0.4, 0.5) is 8.78 Å². The van der Waals surface area contributed by atoms with Crippen molar-refractivity contribution >= 4 is 5.97 Å². The van der Waals surface area contributed by atoms with E-state index in [4.69, 9.17) is 4.74 Å². The van der Waals surface area contributed by atoms with E-state index in [0.29, 0.717) is 6.42 Å². The van der Waals surface area contributed by atoms with E-state index in [1.54, 1.807) is 12.1 Å². The zero-order valence-corrected chi connectivity index (χ0v) is 10.7. The van der Waals surface area contributed by atoms with Crippen molar-refractivity contribution < 1.29 is 23.0 Å². The average Bonchev–Trinajstić information content (AvgIpc) is 2.68. The molecular weight excluding hydrogens is 254 g/mol. The molecule has 5 heteroatoms. The third kappa shape index (κ3) is 3.91. The summed E-state index contributed by atoms with van der Waals surface area (Å²) in [6, 6.07) is 6.53. The minimum atomic E-state index is -2.80. The monoisotopic (exact) mass is 270 g/mol. The molecule has 19 heavy (non-hydrogen) atoms. The lowest BCUT2D eigenvalue weighted by molar-refractivity contribution is -0.147. The molecule has 2 rings (SSSR count). The molecule has 1 unspecified atom stereocenters. The Bertz CT molecular complexity index is 445. The third-order valence-corrected chi connectivity index (χ3v) is 3.31. The Morgan fingerprint density at radius 1 is 1.37 bits per heavy atom. The zero-order chi connectivity index (χ0) is 13.9. The second-order valence-electron chi connectivity index (χ2n) is 4.95. The maximum absolute atomic E-state index is 12.0. The van der Waals surface area contributed by atoms with Gasteiger partial charge in [-0.2, -0.15) is 8.78 Å². The van der Waals surface area contributed by atoms with Gasteiger partial charge in [-0.05, 0) is 43.9 Å². The zero-order valence-electron chi connectivity index (χ0n) is 10.7. The van der Waals surface area contributed by atoms with Gasteiger partial charge >= 0.3 is 12.6 Å². The summed E-state index contributed by atoms with van der Waals surface area (Å²) in [7, 11) is 0. The summed E-state index contributed by atoms with van der Waals surface area (Å²) in [4.78, 5) is 11.1. The van der Waals surface area contributed by atoms with Gasteiger partial charge in [0.05, 0.1) is 0 Å². The third-order valence-electron chi connectivity index (χ3n) is 3.31. The normalized spacial score (nSPS) is 22.6. The predicted octanol–water partition coefficient (Wildman–Crippen LogP) is 3.32. The van der Waals surface area contributed by atoms with Crippen molar-refractivity contribution in [3.8, 4) is 5.75 Å². The number of carbonyl (C=O) groups is 1. The molecule has 0 aliphatic carbocycles. The van der Waals surface area contributed by atoms with Crippen LogP contribution in [0.15, 0.2) is 24.3 Å². The fourth-order valence-corrected chi connectivity index (χ4v) is 2.17. The summed E-state index contributed by atoms with van der Waals surface area (Å²) in [5.74, 6) is 0.000405. The highest BCUT2D eigenvalue weighted by atomic mass is 19.3. The molecule has 1 saturated heterocycles. The summed E-state index contributed by atoms with van der Waals surface area (Å²) in [5.41, 5.74) is 0.612. The molecule has 1 fully saturated rings. The molecule has 1 aliphatic rings. The largest absolute Gasteiger partial charge is 0.459 e. The van der Waals surface area contributed by atoms with E-state index < -0.39 is 12.2 Å². The maximum atomic E-state index is 12.0. The Hall–Kier alpha value is -1.65. The highest BCUT2D eigenvalue weighted by molar-refractivity contribution is 5.72. The number of halogens is 2. The van der Waals surface area contributed by atoms with Crippen molar-refractivity contribution in [3.63, 3.8) is 0 Å². The Morgan fingerprint density at radius 3 is 2.58 bits per heavy atom. The van der Waals surface area contributed by atoms with E-state index >= 15 is 0 Å². The average molecular weight is 270 g/mol. The highest BCUT2D eigenvalue weighted by Crippen LogP contribution is 2.30. The van der Waals surface area contributed by atoms with Crippen LogP contribution in [0.2, 0.25) is 0 Å². The molecule has 0 N–H and O–H groups in total. The lowest BCUT2D eigenvalue weighted by atomic mass is 9.94. The van der Waals surface area contributed by atoms with Gasteiger partial charge in [-0.3, -0.25) is 4.79 Å². The minimum absolute atomic E-state index is 0.150. The number of alkyl halides is 2. The summed E-state index contributed by atoms with van der Waals surface area (Å²) >= 11 is 0. The van der Waals surface area contributed by atoms with Crippen LogP contribution in [-0.2, 0) is 16.0 Å². The van der Waals surface area contributed by atoms with Crippen LogP contribution < -0.4 is 4.74 Å². The molecule has 104 valence electrons. The molecule has 0 saturated carbocycles. The van der Waals surface area contributed by atoms with Crippen LogP contribution in [0, 0.1) is 0 Å². The fraction of sp³-hybridized carbons (Fsp3) is 0.500. The Labute approximate surface area is 110 Å². The molecule has 0 bridgehead atoms. The van der Waals surface area contributed by atoms with Gasteiger partial charge in [0.1, 0.15) is 11.4 Å². The standard InChI is InChI=1S/C14H16F2O3/c1-14(9-7-12(17)19-14)8-6-10-2-4-11(5-3-10)18-13(15)16/h2-5,13H,6-9H2,1H3. The van der Waals surface area contributed by atoms with E-state index in [1.165, 1.54) is 12.1 Å². The maximum Gasteiger partial charge on any atom is 0.387 e. The van der Waals surface area contributed by atoms with Crippen LogP contribution in [-0.4, -0.2) is 18.2 Å². The summed E-state index contributed by atoms with van der Waals surface area (Å²) in [6.45, 7) is -0.880. The number of rotatable bonds is 5. The molecule has 0 amide bonds. The number of esters is 1. The second-order valence-corrected chi connectivity index (χ2v) is 4.95. The van der Waals surface area contributed by atoms with E-state index in [0.717, 1.165) is 24.8 Å². The topological polar surface area (TPSA) is 35.5 Å². The first kappa shape index (κ1) is 13.8. The van der Waals surface area contributed by atoms with Crippen LogP contribution in [0.5, 0.6) is 5.75 Å². The number of aryl methyl sites for hydroxylation is 1. The van der Waals surface area contributed by atoms with Gasteiger partial charge in [0, 0.05) is 6.42 Å². The van der Waals surface area contributed by atoms with Crippen molar-refractivity contribution in [2.24, 2.45) is 0 Å². The van der Waals surface area contributed by atoms with Crippen molar-refractivity contribution in [1.29, 1.82) is 0 Å². The smallest absolute Gasteiger partial charge is 0.387 e. The molecule has 3 nitrogen and oxygen atoms in total. The lowest BCUT2D eigenvalue weighted by Crippen LogP contribution is -2.24. The highest BCUT2D eigenvalue weighted by Gasteiger charge is 2.35. The molecule has 1 aromatic carbocycles. The minimum Gasteiger partial charge on any atom is -0.459 e. The number of hydrogen-bond donors (Lipinski definition) is 0. The summed E-state index contributed by atoms with van der Waals surface area (Å²) in [6.07, 6.45) is 2.67. The molecule has 1 aromatic rings. The van der Waals surface area contributed by atoms with E-state index in [9.17, 15) is 13.6 Å². The van der Waals surface area contributed by atoms with Crippen LogP contribution in [0.1, 0.15) is 31.7 Å². The van der Waals surface area contributed by atoms with Crippen LogP contribution in [0.25, 0.3) is 0 Å². The van der Waals surface area contributed by atoms with Gasteiger partial charge in [0.2, 0.25) is 0 Å². The van der Waals surface area contributed by atoms with Crippen LogP contribution in [0.3, 0.4) is 0 Å². The van der Waals surface area contributed by atoms with Crippen molar-refractivity contribution in [2.75, 3.05) is 0 Å². The van der Waals surface area contributed by atoms with Crippen molar-refractivity contribution in [2.45, 2.75) is 44.8 Å². The fourth-order valence-electron chi connectivity index (χ4n) is 2.17. The Morgan fingerprint density at radius 2 is 2.05 bits per heavy atom. The lowest BCUT2D eigenvalue weighted by Gasteiger charge is -2.22. The molecule has 0 radical (unpaired) electrons. The summed E-state index contributed by atoms with van der Waals surface area (Å²) in [5, 5.41) is 0. The SMILES string of the molecule is CC1(CCc2ccc(OC(F)F)cc2)CCC(=O)O1. The first-order valence-electron chi connectivity index (χ1n) is 6.22. The number of cyclic esters (lactones) is 1. The van der Waals surface area contributed by atoms with Gasteiger partial charge < -0.3 is 9.47 Å². The van der Waals surface area contributed by atoms with E-state index in [2.05, 4.69) is 4.74 Å². The second kappa shape index (κ2) is 5.55. The Balaban J connectivity index is 1.88. The number of hydrogen-bond acceptors (Lipinski definition) is 3. The van der Waals surface area contributed by atoms with Gasteiger partial charge in [-0.15, -0.1) is 0 Å². The number of benzene rings is 1. The van der Waals surface area contributed by atoms with Crippen molar-refractivity contribution in [1.82, 2.24) is 0 Å². The molecule has 0 spiro atoms. The molecule has 1 heterocycles.